The van der Waals surface area contributed by atoms with Gasteiger partial charge in [0.1, 0.15) is 0 Å². The molecule has 0 amide bonds. The number of rotatable bonds is 9. The summed E-state index contributed by atoms with van der Waals surface area (Å²) in [7, 11) is 0. The van der Waals surface area contributed by atoms with E-state index in [-0.39, 0.29) is 0 Å². The zero-order valence-electron chi connectivity index (χ0n) is 15.3. The molecule has 3 rings (SSSR count). The molecule has 0 saturated carbocycles. The van der Waals surface area contributed by atoms with Crippen molar-refractivity contribution in [1.29, 1.82) is 0 Å². The Morgan fingerprint density at radius 3 is 2.16 bits per heavy atom. The molecule has 0 aliphatic heterocycles. The molecule has 0 aromatic heterocycles. The van der Waals surface area contributed by atoms with Crippen molar-refractivity contribution in [2.45, 2.75) is 50.7 Å². The summed E-state index contributed by atoms with van der Waals surface area (Å²) < 4.78 is 3.23. The molecule has 0 radical (unpaired) electrons. The van der Waals surface area contributed by atoms with Gasteiger partial charge in [-0.3, -0.25) is 0 Å². The van der Waals surface area contributed by atoms with Gasteiger partial charge in [-0.15, -0.1) is 0 Å². The molecule has 0 spiro atoms. The quantitative estimate of drug-likeness (QED) is 0.318. The average Bonchev–Trinajstić information content (AvgIpc) is 2.68. The molecule has 1 atom stereocenters. The van der Waals surface area contributed by atoms with Crippen molar-refractivity contribution in [2.75, 3.05) is 0 Å². The van der Waals surface area contributed by atoms with E-state index < -0.39 is 14.7 Å². The fourth-order valence-electron chi connectivity index (χ4n) is 3.49. The first-order chi connectivity index (χ1) is 12.4. The van der Waals surface area contributed by atoms with E-state index >= 15 is 0 Å². The molecule has 0 nitrogen and oxygen atoms in total. The summed E-state index contributed by atoms with van der Waals surface area (Å²) in [6, 6.07) is 27.1. The Hall–Kier alpha value is -1.52. The molecule has 1 heteroatoms. The van der Waals surface area contributed by atoms with Gasteiger partial charge in [0.2, 0.25) is 0 Å². The Labute approximate surface area is 157 Å². The first-order valence-electron chi connectivity index (χ1n) is 9.70. The zero-order chi connectivity index (χ0) is 17.3. The number of hydrogen-bond acceptors (Lipinski definition) is 0. The van der Waals surface area contributed by atoms with Crippen LogP contribution in [0.4, 0.5) is 0 Å². The molecule has 1 unspecified atom stereocenters. The number of fused-ring (bicyclic) bond motifs is 1. The molecule has 130 valence electrons. The van der Waals surface area contributed by atoms with Crippen LogP contribution >= 0.6 is 0 Å². The van der Waals surface area contributed by atoms with E-state index in [1.807, 2.05) is 0 Å². The summed E-state index contributed by atoms with van der Waals surface area (Å²) in [5.74, 6) is 0. The third kappa shape index (κ3) is 4.99. The van der Waals surface area contributed by atoms with Gasteiger partial charge in [-0.25, -0.2) is 0 Å². The van der Waals surface area contributed by atoms with Gasteiger partial charge in [-0.05, 0) is 0 Å². The SMILES string of the molecule is CCCCCCCC[As](c1ccccc1)c1cccc2ccccc12. The predicted octanol–water partition coefficient (Wildman–Crippen LogP) is 5.81. The van der Waals surface area contributed by atoms with Crippen molar-refractivity contribution in [3.8, 4) is 0 Å². The van der Waals surface area contributed by atoms with Gasteiger partial charge in [0.15, 0.2) is 0 Å². The predicted molar refractivity (Wildman–Crippen MR) is 114 cm³/mol. The van der Waals surface area contributed by atoms with Crippen LogP contribution in [0.3, 0.4) is 0 Å². The molecule has 3 aromatic rings. The van der Waals surface area contributed by atoms with Gasteiger partial charge in [0.25, 0.3) is 0 Å². The van der Waals surface area contributed by atoms with Crippen LogP contribution in [-0.2, 0) is 0 Å². The van der Waals surface area contributed by atoms with Crippen LogP contribution in [0.1, 0.15) is 45.4 Å². The van der Waals surface area contributed by atoms with Gasteiger partial charge in [0.05, 0.1) is 0 Å². The molecular formula is C24H29As. The third-order valence-corrected chi connectivity index (χ3v) is 10.4. The fourth-order valence-corrected chi connectivity index (χ4v) is 8.97. The molecule has 0 aliphatic carbocycles. The van der Waals surface area contributed by atoms with E-state index in [2.05, 4.69) is 79.7 Å². The molecule has 0 N–H and O–H groups in total. The number of hydrogen-bond donors (Lipinski definition) is 0. The van der Waals surface area contributed by atoms with E-state index in [0.717, 1.165) is 0 Å². The van der Waals surface area contributed by atoms with Crippen LogP contribution in [-0.4, -0.2) is 14.7 Å². The number of unbranched alkanes of at least 4 members (excludes halogenated alkanes) is 5. The summed E-state index contributed by atoms with van der Waals surface area (Å²) in [4.78, 5) is 0. The molecular weight excluding hydrogens is 363 g/mol. The van der Waals surface area contributed by atoms with Gasteiger partial charge in [-0.1, -0.05) is 0 Å². The van der Waals surface area contributed by atoms with Crippen molar-refractivity contribution < 1.29 is 0 Å². The normalized spacial score (nSPS) is 12.4. The topological polar surface area (TPSA) is 0 Å². The number of benzene rings is 3. The third-order valence-electron chi connectivity index (χ3n) is 4.86. The maximum absolute atomic E-state index is 2.40. The second-order valence-corrected chi connectivity index (χ2v) is 11.6. The fraction of sp³-hybridized carbons (Fsp3) is 0.333. The Balaban J connectivity index is 1.81. The minimum absolute atomic E-state index is 1.24. The van der Waals surface area contributed by atoms with E-state index in [9.17, 15) is 0 Å². The molecule has 0 heterocycles. The van der Waals surface area contributed by atoms with E-state index in [0.29, 0.717) is 0 Å². The Kier molecular flexibility index (Phi) is 7.19. The van der Waals surface area contributed by atoms with Gasteiger partial charge in [0, 0.05) is 0 Å². The molecule has 3 aromatic carbocycles. The van der Waals surface area contributed by atoms with E-state index in [1.54, 1.807) is 8.70 Å². The van der Waals surface area contributed by atoms with Crippen molar-refractivity contribution in [3.63, 3.8) is 0 Å². The second kappa shape index (κ2) is 9.83. The molecule has 25 heavy (non-hydrogen) atoms. The summed E-state index contributed by atoms with van der Waals surface area (Å²) in [5.41, 5.74) is 0. The van der Waals surface area contributed by atoms with Crippen LogP contribution in [0.15, 0.2) is 72.8 Å². The first kappa shape index (κ1) is 18.3. The summed E-state index contributed by atoms with van der Waals surface area (Å²) in [6.07, 6.45) is 8.30. The maximum atomic E-state index is 2.40. The summed E-state index contributed by atoms with van der Waals surface area (Å²) in [6.45, 7) is 2.29. The summed E-state index contributed by atoms with van der Waals surface area (Å²) >= 11 is -1.24. The first-order valence-corrected chi connectivity index (χ1v) is 12.9. The van der Waals surface area contributed by atoms with Crippen LogP contribution in [0.5, 0.6) is 0 Å². The zero-order valence-corrected chi connectivity index (χ0v) is 17.2. The molecule has 0 bridgehead atoms. The van der Waals surface area contributed by atoms with E-state index in [4.69, 9.17) is 0 Å². The van der Waals surface area contributed by atoms with Crippen LogP contribution in [0.2, 0.25) is 5.21 Å². The van der Waals surface area contributed by atoms with Crippen molar-refractivity contribution in [1.82, 2.24) is 0 Å². The van der Waals surface area contributed by atoms with E-state index in [1.165, 1.54) is 54.5 Å². The minimum atomic E-state index is -1.24. The molecule has 0 saturated heterocycles. The van der Waals surface area contributed by atoms with Gasteiger partial charge < -0.3 is 0 Å². The second-order valence-electron chi connectivity index (χ2n) is 6.75. The Bertz CT molecular complexity index is 758. The van der Waals surface area contributed by atoms with Gasteiger partial charge in [-0.2, -0.15) is 0 Å². The Morgan fingerprint density at radius 1 is 0.640 bits per heavy atom. The molecule has 0 aliphatic rings. The monoisotopic (exact) mass is 392 g/mol. The van der Waals surface area contributed by atoms with Crippen molar-refractivity contribution >= 4 is 34.1 Å². The van der Waals surface area contributed by atoms with Crippen LogP contribution in [0.25, 0.3) is 10.8 Å². The summed E-state index contributed by atoms with van der Waals surface area (Å²) in [5, 5.41) is 4.25. The van der Waals surface area contributed by atoms with Crippen molar-refractivity contribution in [3.05, 3.63) is 72.8 Å². The van der Waals surface area contributed by atoms with Crippen molar-refractivity contribution in [2.24, 2.45) is 0 Å². The Morgan fingerprint density at radius 2 is 1.32 bits per heavy atom. The molecule has 0 fully saturated rings. The van der Waals surface area contributed by atoms with Crippen LogP contribution in [0, 0.1) is 0 Å². The average molecular weight is 392 g/mol. The standard InChI is InChI=1S/C24H29As/c1-2-3-4-5-6-12-20-25(22-16-8-7-9-17-22)24-19-13-15-21-14-10-11-18-23(21)24/h7-11,13-19H,2-6,12,20H2,1H3. The van der Waals surface area contributed by atoms with Gasteiger partial charge >= 0.3 is 158 Å². The van der Waals surface area contributed by atoms with Crippen LogP contribution < -0.4 is 8.70 Å².